The van der Waals surface area contributed by atoms with Crippen molar-refractivity contribution < 1.29 is 23.1 Å². The highest BCUT2D eigenvalue weighted by molar-refractivity contribution is 5.85. The number of benzene rings is 1. The molecule has 1 aromatic rings. The van der Waals surface area contributed by atoms with Crippen LogP contribution < -0.4 is 4.90 Å². The van der Waals surface area contributed by atoms with E-state index in [-0.39, 0.29) is 11.3 Å². The second kappa shape index (κ2) is 5.79. The van der Waals surface area contributed by atoms with Crippen LogP contribution in [-0.4, -0.2) is 24.2 Å². The highest BCUT2D eigenvalue weighted by Gasteiger charge is 2.36. The smallest absolute Gasteiger partial charge is 0.418 e. The number of rotatable bonds is 3. The van der Waals surface area contributed by atoms with Gasteiger partial charge in [0.05, 0.1) is 5.56 Å². The zero-order valence-corrected chi connectivity index (χ0v) is 11.5. The lowest BCUT2D eigenvalue weighted by molar-refractivity contribution is -0.137. The summed E-state index contributed by atoms with van der Waals surface area (Å²) in [6.45, 7) is 3.22. The number of hydrogen-bond acceptors (Lipinski definition) is 2. The average Bonchev–Trinajstić information content (AvgIpc) is 2.81. The first-order valence-electron chi connectivity index (χ1n) is 6.64. The molecule has 0 spiro atoms. The van der Waals surface area contributed by atoms with Crippen molar-refractivity contribution >= 4 is 17.7 Å². The van der Waals surface area contributed by atoms with E-state index in [9.17, 15) is 18.0 Å². The van der Waals surface area contributed by atoms with E-state index >= 15 is 0 Å². The summed E-state index contributed by atoms with van der Waals surface area (Å²) >= 11 is 0. The van der Waals surface area contributed by atoms with Crippen LogP contribution >= 0.6 is 0 Å². The number of anilines is 1. The molecule has 0 aromatic heterocycles. The van der Waals surface area contributed by atoms with Crippen molar-refractivity contribution in [2.45, 2.75) is 19.5 Å². The van der Waals surface area contributed by atoms with Crippen molar-refractivity contribution in [2.75, 3.05) is 18.0 Å². The second-order valence-electron chi connectivity index (χ2n) is 5.29. The van der Waals surface area contributed by atoms with E-state index in [1.165, 1.54) is 12.1 Å². The molecule has 0 aliphatic carbocycles. The van der Waals surface area contributed by atoms with E-state index < -0.39 is 17.7 Å². The Kier molecular flexibility index (Phi) is 4.25. The minimum Gasteiger partial charge on any atom is -0.478 e. The Morgan fingerprint density at radius 2 is 2.14 bits per heavy atom. The summed E-state index contributed by atoms with van der Waals surface area (Å²) in [5, 5.41) is 8.54. The van der Waals surface area contributed by atoms with Gasteiger partial charge in [-0.1, -0.05) is 13.0 Å². The maximum Gasteiger partial charge on any atom is 0.418 e. The zero-order chi connectivity index (χ0) is 15.6. The normalized spacial score (nSPS) is 19.4. The number of carboxylic acids is 1. The van der Waals surface area contributed by atoms with E-state index in [1.54, 1.807) is 4.90 Å². The Morgan fingerprint density at radius 1 is 1.43 bits per heavy atom. The van der Waals surface area contributed by atoms with Gasteiger partial charge in [-0.25, -0.2) is 4.79 Å². The Labute approximate surface area is 120 Å². The van der Waals surface area contributed by atoms with E-state index in [2.05, 4.69) is 0 Å². The number of nitrogens with zero attached hydrogens (tertiary/aromatic N) is 1. The Bertz CT molecular complexity index is 567. The van der Waals surface area contributed by atoms with Crippen LogP contribution in [0.3, 0.4) is 0 Å². The molecule has 1 atom stereocenters. The molecule has 1 N–H and O–H groups in total. The van der Waals surface area contributed by atoms with Crippen LogP contribution in [0.5, 0.6) is 0 Å². The lowest BCUT2D eigenvalue weighted by Gasteiger charge is -2.23. The summed E-state index contributed by atoms with van der Waals surface area (Å²) < 4.78 is 39.6. The lowest BCUT2D eigenvalue weighted by atomic mass is 10.1. The van der Waals surface area contributed by atoms with Gasteiger partial charge in [-0.2, -0.15) is 13.2 Å². The SMILES string of the molecule is CC1CCN(c2ccc(/C=C/C(=O)O)cc2C(F)(F)F)C1. The van der Waals surface area contributed by atoms with Gasteiger partial charge in [0.25, 0.3) is 0 Å². The third-order valence-electron chi connectivity index (χ3n) is 3.51. The number of alkyl halides is 3. The molecule has 1 aromatic carbocycles. The largest absolute Gasteiger partial charge is 0.478 e. The molecule has 0 bridgehead atoms. The van der Waals surface area contributed by atoms with Crippen molar-refractivity contribution in [3.05, 3.63) is 35.4 Å². The van der Waals surface area contributed by atoms with Gasteiger partial charge in [0.15, 0.2) is 0 Å². The van der Waals surface area contributed by atoms with Crippen LogP contribution in [0.4, 0.5) is 18.9 Å². The molecular formula is C15H16F3NO2. The quantitative estimate of drug-likeness (QED) is 0.866. The first-order valence-corrected chi connectivity index (χ1v) is 6.64. The third-order valence-corrected chi connectivity index (χ3v) is 3.51. The fourth-order valence-corrected chi connectivity index (χ4v) is 2.48. The van der Waals surface area contributed by atoms with Crippen molar-refractivity contribution in [1.29, 1.82) is 0 Å². The second-order valence-corrected chi connectivity index (χ2v) is 5.29. The maximum atomic E-state index is 13.2. The molecule has 0 radical (unpaired) electrons. The van der Waals surface area contributed by atoms with Crippen molar-refractivity contribution in [3.8, 4) is 0 Å². The molecule has 1 aliphatic rings. The zero-order valence-electron chi connectivity index (χ0n) is 11.5. The molecule has 21 heavy (non-hydrogen) atoms. The minimum atomic E-state index is -4.46. The first-order chi connectivity index (χ1) is 9.77. The third kappa shape index (κ3) is 3.77. The Balaban J connectivity index is 2.39. The topological polar surface area (TPSA) is 40.5 Å². The minimum absolute atomic E-state index is 0.166. The molecule has 114 valence electrons. The fourth-order valence-electron chi connectivity index (χ4n) is 2.48. The molecular weight excluding hydrogens is 283 g/mol. The van der Waals surface area contributed by atoms with Crippen LogP contribution in [0, 0.1) is 5.92 Å². The monoisotopic (exact) mass is 299 g/mol. The number of hydrogen-bond donors (Lipinski definition) is 1. The summed E-state index contributed by atoms with van der Waals surface area (Å²) in [6, 6.07) is 3.92. The fraction of sp³-hybridized carbons (Fsp3) is 0.400. The van der Waals surface area contributed by atoms with Gasteiger partial charge in [0.1, 0.15) is 0 Å². The molecule has 6 heteroatoms. The van der Waals surface area contributed by atoms with Gasteiger partial charge in [-0.3, -0.25) is 0 Å². The van der Waals surface area contributed by atoms with E-state index in [0.29, 0.717) is 19.0 Å². The molecule has 0 saturated carbocycles. The molecule has 2 rings (SSSR count). The summed E-state index contributed by atoms with van der Waals surface area (Å²) in [5.41, 5.74) is -0.329. The Morgan fingerprint density at radius 3 is 2.67 bits per heavy atom. The molecule has 3 nitrogen and oxygen atoms in total. The van der Waals surface area contributed by atoms with Crippen molar-refractivity contribution in [1.82, 2.24) is 0 Å². The maximum absolute atomic E-state index is 13.2. The highest BCUT2D eigenvalue weighted by atomic mass is 19.4. The Hall–Kier alpha value is -1.98. The van der Waals surface area contributed by atoms with Gasteiger partial charge in [-0.05, 0) is 36.1 Å². The van der Waals surface area contributed by atoms with Gasteiger partial charge in [0.2, 0.25) is 0 Å². The van der Waals surface area contributed by atoms with E-state index in [0.717, 1.165) is 24.6 Å². The summed E-state index contributed by atoms with van der Waals surface area (Å²) in [4.78, 5) is 12.2. The van der Waals surface area contributed by atoms with Crippen LogP contribution in [0.15, 0.2) is 24.3 Å². The standard InChI is InChI=1S/C15H16F3NO2/c1-10-6-7-19(9-10)13-4-2-11(3-5-14(20)21)8-12(13)15(16,17)18/h2-5,8,10H,6-7,9H2,1H3,(H,20,21)/b5-3+. The van der Waals surface area contributed by atoms with Gasteiger partial charge >= 0.3 is 12.1 Å². The number of halogens is 3. The molecule has 1 aliphatic heterocycles. The van der Waals surface area contributed by atoms with Gasteiger partial charge in [-0.15, -0.1) is 0 Å². The number of carboxylic acid groups (broad SMARTS) is 1. The lowest BCUT2D eigenvalue weighted by Crippen LogP contribution is -2.23. The molecule has 1 heterocycles. The predicted molar refractivity (Wildman–Crippen MR) is 74.1 cm³/mol. The number of carbonyl (C=O) groups is 1. The summed E-state index contributed by atoms with van der Waals surface area (Å²) in [5.74, 6) is -0.821. The average molecular weight is 299 g/mol. The van der Waals surface area contributed by atoms with Crippen LogP contribution in [-0.2, 0) is 11.0 Å². The van der Waals surface area contributed by atoms with Crippen LogP contribution in [0.25, 0.3) is 6.08 Å². The van der Waals surface area contributed by atoms with Crippen molar-refractivity contribution in [2.24, 2.45) is 5.92 Å². The van der Waals surface area contributed by atoms with Gasteiger partial charge in [0, 0.05) is 24.9 Å². The molecule has 0 amide bonds. The van der Waals surface area contributed by atoms with E-state index in [4.69, 9.17) is 5.11 Å². The van der Waals surface area contributed by atoms with E-state index in [1.807, 2.05) is 6.92 Å². The molecule has 1 fully saturated rings. The van der Waals surface area contributed by atoms with Crippen molar-refractivity contribution in [3.63, 3.8) is 0 Å². The highest BCUT2D eigenvalue weighted by Crippen LogP contribution is 2.39. The van der Waals surface area contributed by atoms with Gasteiger partial charge < -0.3 is 10.0 Å². The number of aliphatic carboxylic acids is 1. The summed E-state index contributed by atoms with van der Waals surface area (Å²) in [6.07, 6.45) is -1.60. The van der Waals surface area contributed by atoms with Crippen LogP contribution in [0.1, 0.15) is 24.5 Å². The first kappa shape index (κ1) is 15.4. The molecule has 1 saturated heterocycles. The molecule has 1 unspecified atom stereocenters. The predicted octanol–water partition coefficient (Wildman–Crippen LogP) is 3.65. The van der Waals surface area contributed by atoms with Crippen LogP contribution in [0.2, 0.25) is 0 Å². The summed E-state index contributed by atoms with van der Waals surface area (Å²) in [7, 11) is 0.